The molecule has 1 atom stereocenters. The van der Waals surface area contributed by atoms with Crippen LogP contribution in [-0.4, -0.2) is 82.0 Å². The van der Waals surface area contributed by atoms with E-state index in [2.05, 4.69) is 43.0 Å². The van der Waals surface area contributed by atoms with Gasteiger partial charge in [0.25, 0.3) is 0 Å². The molecule has 4 heterocycles. The monoisotopic (exact) mass is 541 g/mol. The SMILES string of the molecule is Cc1nc(NC[C@H](NC(=O)OCCC(=O)O)C(=O)O)c(C)c(N2CCC(c3ccc4c(n3)NCCC4)CC2)n1. The maximum Gasteiger partial charge on any atom is 0.407 e. The summed E-state index contributed by atoms with van der Waals surface area (Å²) in [4.78, 5) is 50.3. The molecule has 1 saturated heterocycles. The summed E-state index contributed by atoms with van der Waals surface area (Å²) < 4.78 is 4.73. The lowest BCUT2D eigenvalue weighted by Crippen LogP contribution is -2.45. The number of aryl methyl sites for hydroxylation is 2. The van der Waals surface area contributed by atoms with Crippen molar-refractivity contribution in [1.29, 1.82) is 0 Å². The predicted octanol–water partition coefficient (Wildman–Crippen LogP) is 2.30. The number of piperidine rings is 1. The number of amides is 1. The Morgan fingerprint density at radius 3 is 2.64 bits per heavy atom. The maximum absolute atomic E-state index is 11.9. The zero-order chi connectivity index (χ0) is 27.9. The van der Waals surface area contributed by atoms with Crippen LogP contribution in [0.4, 0.5) is 22.2 Å². The van der Waals surface area contributed by atoms with E-state index in [0.29, 0.717) is 17.6 Å². The summed E-state index contributed by atoms with van der Waals surface area (Å²) in [6, 6.07) is 3.04. The van der Waals surface area contributed by atoms with Gasteiger partial charge >= 0.3 is 18.0 Å². The van der Waals surface area contributed by atoms with E-state index in [4.69, 9.17) is 14.8 Å². The van der Waals surface area contributed by atoms with Crippen molar-refractivity contribution in [1.82, 2.24) is 20.3 Å². The molecule has 1 amide bonds. The molecule has 13 heteroatoms. The topological polar surface area (TPSA) is 179 Å². The third-order valence-corrected chi connectivity index (χ3v) is 6.97. The first-order chi connectivity index (χ1) is 18.7. The van der Waals surface area contributed by atoms with E-state index in [1.165, 1.54) is 5.56 Å². The normalized spacial score (nSPS) is 16.0. The summed E-state index contributed by atoms with van der Waals surface area (Å²) in [5, 5.41) is 26.8. The fraction of sp³-hybridized carbons (Fsp3) is 0.538. The van der Waals surface area contributed by atoms with Gasteiger partial charge in [-0.2, -0.15) is 0 Å². The van der Waals surface area contributed by atoms with Crippen LogP contribution in [0.5, 0.6) is 0 Å². The number of ether oxygens (including phenoxy) is 1. The van der Waals surface area contributed by atoms with Gasteiger partial charge in [-0.05, 0) is 51.2 Å². The smallest absolute Gasteiger partial charge is 0.407 e. The Hall–Kier alpha value is -4.16. The highest BCUT2D eigenvalue weighted by Crippen LogP contribution is 2.33. The van der Waals surface area contributed by atoms with Crippen LogP contribution < -0.4 is 20.9 Å². The number of nitrogens with one attached hydrogen (secondary N) is 3. The number of pyridine rings is 1. The van der Waals surface area contributed by atoms with Crippen LogP contribution in [-0.2, 0) is 20.7 Å². The molecule has 0 aromatic carbocycles. The van der Waals surface area contributed by atoms with Crippen LogP contribution in [0.25, 0.3) is 0 Å². The number of hydrogen-bond acceptors (Lipinski definition) is 10. The van der Waals surface area contributed by atoms with Gasteiger partial charge < -0.3 is 35.8 Å². The fourth-order valence-electron chi connectivity index (χ4n) is 4.87. The zero-order valence-electron chi connectivity index (χ0n) is 22.2. The van der Waals surface area contributed by atoms with E-state index in [1.807, 2.05) is 6.92 Å². The van der Waals surface area contributed by atoms with Crippen molar-refractivity contribution in [2.24, 2.45) is 0 Å². The molecule has 0 aliphatic carbocycles. The molecule has 1 fully saturated rings. The van der Waals surface area contributed by atoms with Crippen molar-refractivity contribution in [3.63, 3.8) is 0 Å². The minimum Gasteiger partial charge on any atom is -0.481 e. The van der Waals surface area contributed by atoms with Crippen LogP contribution in [0, 0.1) is 13.8 Å². The molecule has 0 unspecified atom stereocenters. The van der Waals surface area contributed by atoms with E-state index in [1.54, 1.807) is 6.92 Å². The highest BCUT2D eigenvalue weighted by atomic mass is 16.5. The second-order valence-electron chi connectivity index (χ2n) is 9.80. The summed E-state index contributed by atoms with van der Waals surface area (Å²) in [5.74, 6) is 0.799. The Balaban J connectivity index is 1.37. The van der Waals surface area contributed by atoms with Gasteiger partial charge in [-0.3, -0.25) is 4.79 Å². The highest BCUT2D eigenvalue weighted by molar-refractivity contribution is 5.80. The molecule has 2 aromatic heterocycles. The molecule has 0 radical (unpaired) electrons. The van der Waals surface area contributed by atoms with Gasteiger partial charge in [0, 0.05) is 43.4 Å². The number of carboxylic acid groups (broad SMARTS) is 2. The van der Waals surface area contributed by atoms with Gasteiger partial charge in [0.15, 0.2) is 0 Å². The largest absolute Gasteiger partial charge is 0.481 e. The average Bonchev–Trinajstić information content (AvgIpc) is 2.92. The van der Waals surface area contributed by atoms with Gasteiger partial charge in [-0.15, -0.1) is 0 Å². The van der Waals surface area contributed by atoms with Crippen LogP contribution in [0.15, 0.2) is 12.1 Å². The Morgan fingerprint density at radius 1 is 1.15 bits per heavy atom. The van der Waals surface area contributed by atoms with Gasteiger partial charge in [-0.1, -0.05) is 6.07 Å². The van der Waals surface area contributed by atoms with Gasteiger partial charge in [-0.25, -0.2) is 24.5 Å². The first-order valence-corrected chi connectivity index (χ1v) is 13.2. The highest BCUT2D eigenvalue weighted by Gasteiger charge is 2.26. The number of carboxylic acids is 2. The number of rotatable bonds is 10. The Kier molecular flexibility index (Phi) is 8.99. The molecule has 0 spiro atoms. The molecule has 13 nitrogen and oxygen atoms in total. The van der Waals surface area contributed by atoms with Crippen LogP contribution in [0.2, 0.25) is 0 Å². The summed E-state index contributed by atoms with van der Waals surface area (Å²) in [6.45, 7) is 5.71. The molecular weight excluding hydrogens is 506 g/mol. The van der Waals surface area contributed by atoms with Gasteiger partial charge in [0.05, 0.1) is 6.42 Å². The Labute approximate surface area is 226 Å². The standard InChI is InChI=1S/C26H35N7O6/c1-15-22(28-14-20(25(36)37)32-26(38)39-13-9-21(34)35)29-16(2)30-24(15)33-11-7-17(8-12-33)19-6-5-18-4-3-10-27-23(18)31-19/h5-6,17,20H,3-4,7-14H2,1-2H3,(H,27,31)(H,32,38)(H,34,35)(H,36,37)(H,28,29,30)/t20-/m0/s1. The van der Waals surface area contributed by atoms with Crippen molar-refractivity contribution in [3.05, 3.63) is 34.8 Å². The molecule has 2 aromatic rings. The first kappa shape index (κ1) is 27.9. The Morgan fingerprint density at radius 2 is 1.92 bits per heavy atom. The molecule has 0 bridgehead atoms. The van der Waals surface area contributed by atoms with Crippen LogP contribution in [0.3, 0.4) is 0 Å². The first-order valence-electron chi connectivity index (χ1n) is 13.2. The number of fused-ring (bicyclic) bond motifs is 1. The van der Waals surface area contributed by atoms with E-state index < -0.39 is 24.1 Å². The summed E-state index contributed by atoms with van der Waals surface area (Å²) in [6.07, 6.45) is 2.70. The van der Waals surface area contributed by atoms with E-state index in [0.717, 1.165) is 68.2 Å². The fourth-order valence-corrected chi connectivity index (χ4v) is 4.87. The lowest BCUT2D eigenvalue weighted by atomic mass is 9.92. The maximum atomic E-state index is 11.9. The van der Waals surface area contributed by atoms with Gasteiger partial charge in [0.2, 0.25) is 0 Å². The minimum absolute atomic E-state index is 0.153. The van der Waals surface area contributed by atoms with E-state index >= 15 is 0 Å². The predicted molar refractivity (Wildman–Crippen MR) is 143 cm³/mol. The third kappa shape index (κ3) is 7.24. The second-order valence-corrected chi connectivity index (χ2v) is 9.80. The van der Waals surface area contributed by atoms with Crippen LogP contribution >= 0.6 is 0 Å². The van der Waals surface area contributed by atoms with Crippen molar-refractivity contribution >= 4 is 35.5 Å². The van der Waals surface area contributed by atoms with Crippen molar-refractivity contribution in [2.45, 2.75) is 57.9 Å². The summed E-state index contributed by atoms with van der Waals surface area (Å²) in [7, 11) is 0. The molecule has 5 N–H and O–H groups in total. The third-order valence-electron chi connectivity index (χ3n) is 6.97. The lowest BCUT2D eigenvalue weighted by molar-refractivity contribution is -0.140. The zero-order valence-corrected chi connectivity index (χ0v) is 22.2. The molecule has 39 heavy (non-hydrogen) atoms. The van der Waals surface area contributed by atoms with Gasteiger partial charge in [0.1, 0.15) is 35.9 Å². The Bertz CT molecular complexity index is 1220. The number of nitrogens with zero attached hydrogens (tertiary/aromatic N) is 4. The average molecular weight is 542 g/mol. The molecule has 4 rings (SSSR count). The number of alkyl carbamates (subject to hydrolysis) is 1. The quantitative estimate of drug-likeness (QED) is 0.297. The molecule has 210 valence electrons. The van der Waals surface area contributed by atoms with Crippen molar-refractivity contribution < 1.29 is 29.3 Å². The number of anilines is 3. The number of aliphatic carboxylic acids is 2. The van der Waals surface area contributed by atoms with E-state index in [9.17, 15) is 19.5 Å². The number of carbonyl (C=O) groups is 3. The number of carbonyl (C=O) groups excluding carboxylic acids is 1. The summed E-state index contributed by atoms with van der Waals surface area (Å²) in [5.41, 5.74) is 3.18. The van der Waals surface area contributed by atoms with Crippen molar-refractivity contribution in [2.75, 3.05) is 48.3 Å². The molecular formula is C26H35N7O6. The lowest BCUT2D eigenvalue weighted by Gasteiger charge is -2.34. The molecule has 0 saturated carbocycles. The molecule has 2 aliphatic rings. The van der Waals surface area contributed by atoms with E-state index in [-0.39, 0.29) is 19.6 Å². The molecule has 2 aliphatic heterocycles. The summed E-state index contributed by atoms with van der Waals surface area (Å²) >= 11 is 0. The van der Waals surface area contributed by atoms with Crippen LogP contribution in [0.1, 0.15) is 54.2 Å². The number of aromatic nitrogens is 3. The minimum atomic E-state index is -1.31. The number of hydrogen-bond donors (Lipinski definition) is 5. The van der Waals surface area contributed by atoms with Crippen molar-refractivity contribution in [3.8, 4) is 0 Å². The second kappa shape index (κ2) is 12.6.